The topological polar surface area (TPSA) is 63.2 Å². The van der Waals surface area contributed by atoms with Gasteiger partial charge in [-0.15, -0.1) is 0 Å². The van der Waals surface area contributed by atoms with E-state index in [-0.39, 0.29) is 0 Å². The van der Waals surface area contributed by atoms with Gasteiger partial charge in [0, 0.05) is 11.1 Å². The summed E-state index contributed by atoms with van der Waals surface area (Å²) in [6, 6.07) is 15.0. The summed E-state index contributed by atoms with van der Waals surface area (Å²) in [7, 11) is 0. The van der Waals surface area contributed by atoms with Gasteiger partial charge >= 0.3 is 0 Å². The number of hydrogen-bond donors (Lipinski definition) is 1. The standard InChI is InChI=1S/C16H13NO3/c1-11-7-5-6-10-13(11)14(18)16(20)17-15(19)12-8-3-2-4-9-12/h2-10H,1H3,(H,17,19,20). The van der Waals surface area contributed by atoms with Gasteiger partial charge in [-0.1, -0.05) is 42.5 Å². The molecule has 2 amide bonds. The Morgan fingerprint density at radius 2 is 1.45 bits per heavy atom. The number of aryl methyl sites for hydroxylation is 1. The molecular formula is C16H13NO3. The number of nitrogens with one attached hydrogen (secondary N) is 1. The average Bonchev–Trinajstić information content (AvgIpc) is 2.48. The van der Waals surface area contributed by atoms with Crippen LogP contribution in [-0.2, 0) is 4.79 Å². The van der Waals surface area contributed by atoms with Gasteiger partial charge in [-0.3, -0.25) is 19.7 Å². The molecule has 0 heterocycles. The summed E-state index contributed by atoms with van der Waals surface area (Å²) in [4.78, 5) is 35.6. The van der Waals surface area contributed by atoms with Crippen LogP contribution in [0, 0.1) is 6.92 Å². The van der Waals surface area contributed by atoms with E-state index in [2.05, 4.69) is 5.32 Å². The molecule has 0 atom stereocenters. The van der Waals surface area contributed by atoms with E-state index in [9.17, 15) is 14.4 Å². The summed E-state index contributed by atoms with van der Waals surface area (Å²) in [5.41, 5.74) is 1.32. The molecule has 0 aliphatic heterocycles. The van der Waals surface area contributed by atoms with Gasteiger partial charge in [-0.25, -0.2) is 0 Å². The molecule has 1 N–H and O–H groups in total. The van der Waals surface area contributed by atoms with Crippen LogP contribution in [0.3, 0.4) is 0 Å². The number of benzene rings is 2. The number of amides is 2. The van der Waals surface area contributed by atoms with Gasteiger partial charge in [0.25, 0.3) is 17.6 Å². The molecule has 0 spiro atoms. The molecule has 2 rings (SSSR count). The van der Waals surface area contributed by atoms with Gasteiger partial charge < -0.3 is 0 Å². The highest BCUT2D eigenvalue weighted by Gasteiger charge is 2.20. The first-order chi connectivity index (χ1) is 9.59. The van der Waals surface area contributed by atoms with E-state index in [0.29, 0.717) is 16.7 Å². The number of carbonyl (C=O) groups is 3. The van der Waals surface area contributed by atoms with Gasteiger partial charge in [-0.2, -0.15) is 0 Å². The molecule has 100 valence electrons. The molecule has 0 aromatic heterocycles. The zero-order valence-electron chi connectivity index (χ0n) is 10.9. The van der Waals surface area contributed by atoms with Gasteiger partial charge in [0.1, 0.15) is 0 Å². The maximum atomic E-state index is 12.0. The number of ketones is 1. The second kappa shape index (κ2) is 5.93. The first-order valence-electron chi connectivity index (χ1n) is 6.10. The molecule has 4 heteroatoms. The third-order valence-corrected chi connectivity index (χ3v) is 2.86. The van der Waals surface area contributed by atoms with Crippen LogP contribution in [0.4, 0.5) is 0 Å². The number of carbonyl (C=O) groups excluding carboxylic acids is 3. The maximum absolute atomic E-state index is 12.0. The van der Waals surface area contributed by atoms with Crippen LogP contribution in [0.25, 0.3) is 0 Å². The van der Waals surface area contributed by atoms with Crippen LogP contribution in [0.15, 0.2) is 54.6 Å². The third-order valence-electron chi connectivity index (χ3n) is 2.86. The average molecular weight is 267 g/mol. The fraction of sp³-hybridized carbons (Fsp3) is 0.0625. The molecule has 0 radical (unpaired) electrons. The summed E-state index contributed by atoms with van der Waals surface area (Å²) in [6.45, 7) is 1.74. The summed E-state index contributed by atoms with van der Waals surface area (Å²) in [6.07, 6.45) is 0. The Balaban J connectivity index is 2.11. The Bertz CT molecular complexity index is 662. The van der Waals surface area contributed by atoms with Gasteiger partial charge in [0.05, 0.1) is 0 Å². The number of rotatable bonds is 3. The highest BCUT2D eigenvalue weighted by molar-refractivity contribution is 6.45. The fourth-order valence-corrected chi connectivity index (χ4v) is 1.77. The van der Waals surface area contributed by atoms with E-state index in [0.717, 1.165) is 0 Å². The Morgan fingerprint density at radius 1 is 0.850 bits per heavy atom. The molecule has 0 saturated heterocycles. The van der Waals surface area contributed by atoms with Crippen LogP contribution in [0.2, 0.25) is 0 Å². The first kappa shape index (κ1) is 13.7. The maximum Gasteiger partial charge on any atom is 0.299 e. The largest absolute Gasteiger partial charge is 0.299 e. The smallest absolute Gasteiger partial charge is 0.285 e. The zero-order chi connectivity index (χ0) is 14.5. The molecular weight excluding hydrogens is 254 g/mol. The van der Waals surface area contributed by atoms with Crippen molar-refractivity contribution in [3.63, 3.8) is 0 Å². The zero-order valence-corrected chi connectivity index (χ0v) is 10.9. The normalized spacial score (nSPS) is 9.85. The fourth-order valence-electron chi connectivity index (χ4n) is 1.77. The molecule has 0 aliphatic rings. The molecule has 4 nitrogen and oxygen atoms in total. The van der Waals surface area contributed by atoms with Crippen molar-refractivity contribution in [1.29, 1.82) is 0 Å². The minimum Gasteiger partial charge on any atom is -0.285 e. The lowest BCUT2D eigenvalue weighted by Crippen LogP contribution is -2.36. The van der Waals surface area contributed by atoms with Crippen LogP contribution >= 0.6 is 0 Å². The van der Waals surface area contributed by atoms with Crippen LogP contribution in [0.1, 0.15) is 26.3 Å². The minimum atomic E-state index is -0.923. The predicted molar refractivity (Wildman–Crippen MR) is 74.4 cm³/mol. The van der Waals surface area contributed by atoms with Crippen molar-refractivity contribution in [2.24, 2.45) is 0 Å². The minimum absolute atomic E-state index is 0.297. The van der Waals surface area contributed by atoms with Crippen molar-refractivity contribution in [1.82, 2.24) is 5.32 Å². The van der Waals surface area contributed by atoms with Crippen molar-refractivity contribution in [3.8, 4) is 0 Å². The predicted octanol–water partition coefficient (Wildman–Crippen LogP) is 2.13. The second-order valence-corrected chi connectivity index (χ2v) is 4.29. The van der Waals surface area contributed by atoms with Crippen LogP contribution in [0.5, 0.6) is 0 Å². The molecule has 0 saturated carbocycles. The third kappa shape index (κ3) is 2.98. The molecule has 0 aliphatic carbocycles. The van der Waals surface area contributed by atoms with Crippen LogP contribution < -0.4 is 5.32 Å². The molecule has 0 fully saturated rings. The van der Waals surface area contributed by atoms with Crippen molar-refractivity contribution in [3.05, 3.63) is 71.3 Å². The van der Waals surface area contributed by atoms with E-state index in [1.807, 2.05) is 0 Å². The quantitative estimate of drug-likeness (QED) is 0.684. The van der Waals surface area contributed by atoms with Gasteiger partial charge in [0.15, 0.2) is 0 Å². The number of imide groups is 1. The van der Waals surface area contributed by atoms with Crippen molar-refractivity contribution in [2.45, 2.75) is 6.92 Å². The molecule has 2 aromatic carbocycles. The summed E-state index contributed by atoms with van der Waals surface area (Å²) in [5, 5.41) is 2.09. The van der Waals surface area contributed by atoms with E-state index < -0.39 is 17.6 Å². The Labute approximate surface area is 116 Å². The molecule has 20 heavy (non-hydrogen) atoms. The van der Waals surface area contributed by atoms with E-state index in [4.69, 9.17) is 0 Å². The summed E-state index contributed by atoms with van der Waals surface area (Å²) < 4.78 is 0. The SMILES string of the molecule is Cc1ccccc1C(=O)C(=O)NC(=O)c1ccccc1. The van der Waals surface area contributed by atoms with Crippen molar-refractivity contribution >= 4 is 17.6 Å². The lowest BCUT2D eigenvalue weighted by Gasteiger charge is -2.05. The summed E-state index contributed by atoms with van der Waals surface area (Å²) in [5.74, 6) is -2.22. The Morgan fingerprint density at radius 3 is 2.10 bits per heavy atom. The molecule has 0 unspecified atom stereocenters. The van der Waals surface area contributed by atoms with E-state index in [1.54, 1.807) is 61.5 Å². The number of Topliss-reactive ketones (excluding diaryl/α,β-unsaturated/α-hetero) is 1. The number of hydrogen-bond acceptors (Lipinski definition) is 3. The van der Waals surface area contributed by atoms with Gasteiger partial charge in [0.2, 0.25) is 0 Å². The monoisotopic (exact) mass is 267 g/mol. The van der Waals surface area contributed by atoms with Crippen molar-refractivity contribution < 1.29 is 14.4 Å². The van der Waals surface area contributed by atoms with E-state index in [1.165, 1.54) is 0 Å². The highest BCUT2D eigenvalue weighted by Crippen LogP contribution is 2.08. The molecule has 2 aromatic rings. The van der Waals surface area contributed by atoms with Crippen LogP contribution in [-0.4, -0.2) is 17.6 Å². The first-order valence-corrected chi connectivity index (χ1v) is 6.10. The van der Waals surface area contributed by atoms with Crippen molar-refractivity contribution in [2.75, 3.05) is 0 Å². The molecule has 0 bridgehead atoms. The highest BCUT2D eigenvalue weighted by atomic mass is 16.2. The lowest BCUT2D eigenvalue weighted by molar-refractivity contribution is -0.116. The second-order valence-electron chi connectivity index (χ2n) is 4.29. The lowest BCUT2D eigenvalue weighted by atomic mass is 10.0. The summed E-state index contributed by atoms with van der Waals surface area (Å²) >= 11 is 0. The van der Waals surface area contributed by atoms with E-state index >= 15 is 0 Å². The Kier molecular flexibility index (Phi) is 4.05. The van der Waals surface area contributed by atoms with Gasteiger partial charge in [-0.05, 0) is 24.6 Å². The Hall–Kier alpha value is -2.75.